The van der Waals surface area contributed by atoms with Gasteiger partial charge in [-0.3, -0.25) is 4.68 Å². The molecule has 0 atom stereocenters. The second-order valence-corrected chi connectivity index (χ2v) is 7.11. The Kier molecular flexibility index (Phi) is 6.71. The lowest BCUT2D eigenvalue weighted by atomic mass is 10.3. The largest absolute Gasteiger partial charge is 0.362 e. The van der Waals surface area contributed by atoms with Gasteiger partial charge in [-0.05, 0) is 66.6 Å². The lowest BCUT2D eigenvalue weighted by molar-refractivity contribution is 0.558. The minimum Gasteiger partial charge on any atom is -0.362 e. The van der Waals surface area contributed by atoms with Crippen LogP contribution in [0.5, 0.6) is 0 Å². The maximum absolute atomic E-state index is 6.09. The van der Waals surface area contributed by atoms with Crippen LogP contribution in [0.15, 0.2) is 22.7 Å². The third-order valence-corrected chi connectivity index (χ3v) is 5.26. The van der Waals surface area contributed by atoms with Crippen LogP contribution >= 0.6 is 51.3 Å². The summed E-state index contributed by atoms with van der Waals surface area (Å²) in [5.41, 5.74) is 2.83. The van der Waals surface area contributed by atoms with Crippen molar-refractivity contribution in [2.24, 2.45) is 0 Å². The van der Waals surface area contributed by atoms with Crippen molar-refractivity contribution in [2.75, 3.05) is 11.9 Å². The molecule has 2 N–H and O–H groups in total. The first-order valence-electron chi connectivity index (χ1n) is 7.08. The second kappa shape index (κ2) is 8.33. The smallest absolute Gasteiger partial charge is 0.170 e. The molecule has 0 amide bonds. The number of halogens is 3. The molecule has 2 rings (SSSR count). The Morgan fingerprint density at radius 3 is 2.74 bits per heavy atom. The molecule has 0 aliphatic carbocycles. The SMILES string of the molecule is Cc1nn(CCCNC(=S)Nc2cc(Cl)ccc2Cl)c(C)c1Br. The molecular weight excluding hydrogens is 419 g/mol. The van der Waals surface area contributed by atoms with Gasteiger partial charge in [0, 0.05) is 23.8 Å². The zero-order valence-corrected chi connectivity index (χ0v) is 16.7. The van der Waals surface area contributed by atoms with E-state index in [0.29, 0.717) is 20.8 Å². The average molecular weight is 436 g/mol. The minimum absolute atomic E-state index is 0.517. The number of benzene rings is 1. The molecule has 2 aromatic rings. The number of rotatable bonds is 5. The van der Waals surface area contributed by atoms with Crippen LogP contribution in [-0.2, 0) is 6.54 Å². The quantitative estimate of drug-likeness (QED) is 0.515. The summed E-state index contributed by atoms with van der Waals surface area (Å²) in [5.74, 6) is 0. The summed E-state index contributed by atoms with van der Waals surface area (Å²) in [6.45, 7) is 5.59. The van der Waals surface area contributed by atoms with Crippen LogP contribution in [0.2, 0.25) is 10.0 Å². The van der Waals surface area contributed by atoms with Crippen LogP contribution < -0.4 is 10.6 Å². The topological polar surface area (TPSA) is 41.9 Å². The van der Waals surface area contributed by atoms with E-state index in [2.05, 4.69) is 31.7 Å². The van der Waals surface area contributed by atoms with Gasteiger partial charge in [0.1, 0.15) is 0 Å². The minimum atomic E-state index is 0.517. The van der Waals surface area contributed by atoms with Crippen molar-refractivity contribution in [3.8, 4) is 0 Å². The Balaban J connectivity index is 1.79. The molecule has 0 radical (unpaired) electrons. The first kappa shape index (κ1) is 18.5. The maximum Gasteiger partial charge on any atom is 0.170 e. The molecule has 0 bridgehead atoms. The number of nitrogens with one attached hydrogen (secondary N) is 2. The lowest BCUT2D eigenvalue weighted by Gasteiger charge is -2.12. The molecule has 0 saturated carbocycles. The summed E-state index contributed by atoms with van der Waals surface area (Å²) >= 11 is 20.8. The molecule has 8 heteroatoms. The third-order valence-electron chi connectivity index (χ3n) is 3.30. The van der Waals surface area contributed by atoms with Crippen molar-refractivity contribution in [1.29, 1.82) is 0 Å². The van der Waals surface area contributed by atoms with Crippen LogP contribution in [0.25, 0.3) is 0 Å². The second-order valence-electron chi connectivity index (χ2n) is 5.07. The summed E-state index contributed by atoms with van der Waals surface area (Å²) in [6.07, 6.45) is 0.902. The van der Waals surface area contributed by atoms with Crippen LogP contribution in [-0.4, -0.2) is 21.4 Å². The number of aromatic nitrogens is 2. The number of anilines is 1. The van der Waals surface area contributed by atoms with Gasteiger partial charge >= 0.3 is 0 Å². The number of hydrogen-bond donors (Lipinski definition) is 2. The van der Waals surface area contributed by atoms with Crippen molar-refractivity contribution in [1.82, 2.24) is 15.1 Å². The molecular formula is C15H17BrCl2N4S. The fourth-order valence-electron chi connectivity index (χ4n) is 2.08. The van der Waals surface area contributed by atoms with Gasteiger partial charge in [-0.25, -0.2) is 0 Å². The number of aryl methyl sites for hydroxylation is 2. The summed E-state index contributed by atoms with van der Waals surface area (Å²) < 4.78 is 3.06. The fraction of sp³-hybridized carbons (Fsp3) is 0.333. The highest BCUT2D eigenvalue weighted by Crippen LogP contribution is 2.25. The Hall–Kier alpha value is -0.820. The maximum atomic E-state index is 6.09. The van der Waals surface area contributed by atoms with Gasteiger partial charge in [-0.1, -0.05) is 23.2 Å². The van der Waals surface area contributed by atoms with Crippen molar-refractivity contribution < 1.29 is 0 Å². The van der Waals surface area contributed by atoms with Crippen LogP contribution in [0.1, 0.15) is 17.8 Å². The zero-order chi connectivity index (χ0) is 17.0. The molecule has 0 aliphatic rings. The molecule has 0 fully saturated rings. The standard InChI is InChI=1S/C15H17BrCl2N4S/c1-9-14(16)10(2)22(21-9)7-3-6-19-15(23)20-13-8-11(17)4-5-12(13)18/h4-5,8H,3,6-7H2,1-2H3,(H2,19,20,23). The van der Waals surface area contributed by atoms with Gasteiger partial charge in [-0.2, -0.15) is 5.10 Å². The van der Waals surface area contributed by atoms with Crippen LogP contribution in [0.3, 0.4) is 0 Å². The summed E-state index contributed by atoms with van der Waals surface area (Å²) in [5, 5.41) is 12.4. The molecule has 23 heavy (non-hydrogen) atoms. The van der Waals surface area contributed by atoms with E-state index in [1.54, 1.807) is 18.2 Å². The van der Waals surface area contributed by atoms with E-state index >= 15 is 0 Å². The number of nitrogens with zero attached hydrogens (tertiary/aromatic N) is 2. The highest BCUT2D eigenvalue weighted by molar-refractivity contribution is 9.10. The van der Waals surface area contributed by atoms with E-state index in [-0.39, 0.29) is 0 Å². The molecule has 1 heterocycles. The molecule has 4 nitrogen and oxygen atoms in total. The first-order valence-corrected chi connectivity index (χ1v) is 9.03. The van der Waals surface area contributed by atoms with Gasteiger partial charge < -0.3 is 10.6 Å². The highest BCUT2D eigenvalue weighted by atomic mass is 79.9. The van der Waals surface area contributed by atoms with Gasteiger partial charge in [-0.15, -0.1) is 0 Å². The monoisotopic (exact) mass is 434 g/mol. The van der Waals surface area contributed by atoms with E-state index in [9.17, 15) is 0 Å². The van der Waals surface area contributed by atoms with Crippen molar-refractivity contribution in [3.05, 3.63) is 44.1 Å². The summed E-state index contributed by atoms with van der Waals surface area (Å²) in [7, 11) is 0. The van der Waals surface area contributed by atoms with Crippen molar-refractivity contribution in [3.63, 3.8) is 0 Å². The van der Waals surface area contributed by atoms with E-state index in [4.69, 9.17) is 35.4 Å². The Morgan fingerprint density at radius 2 is 2.09 bits per heavy atom. The predicted octanol–water partition coefficient (Wildman–Crippen LogP) is 4.95. The van der Waals surface area contributed by atoms with Crippen molar-refractivity contribution in [2.45, 2.75) is 26.8 Å². The Morgan fingerprint density at radius 1 is 1.35 bits per heavy atom. The molecule has 0 aliphatic heterocycles. The van der Waals surface area contributed by atoms with Gasteiger partial charge in [0.25, 0.3) is 0 Å². The fourth-order valence-corrected chi connectivity index (χ4v) is 2.92. The predicted molar refractivity (Wildman–Crippen MR) is 105 cm³/mol. The molecule has 1 aromatic carbocycles. The molecule has 0 unspecified atom stereocenters. The molecule has 124 valence electrons. The number of thiocarbonyl (C=S) groups is 1. The van der Waals surface area contributed by atoms with Gasteiger partial charge in [0.15, 0.2) is 5.11 Å². The normalized spacial score (nSPS) is 10.7. The van der Waals surface area contributed by atoms with Crippen LogP contribution in [0, 0.1) is 13.8 Å². The average Bonchev–Trinajstić information content (AvgIpc) is 2.75. The lowest BCUT2D eigenvalue weighted by Crippen LogP contribution is -2.30. The molecule has 0 saturated heterocycles. The third kappa shape index (κ3) is 5.08. The Bertz CT molecular complexity index is 718. The molecule has 1 aromatic heterocycles. The summed E-state index contributed by atoms with van der Waals surface area (Å²) in [6, 6.07) is 5.21. The first-order chi connectivity index (χ1) is 10.9. The van der Waals surface area contributed by atoms with Gasteiger partial charge in [0.05, 0.1) is 20.9 Å². The van der Waals surface area contributed by atoms with E-state index in [1.807, 2.05) is 18.5 Å². The number of hydrogen-bond acceptors (Lipinski definition) is 2. The molecule has 0 spiro atoms. The Labute approximate surface area is 159 Å². The zero-order valence-electron chi connectivity index (χ0n) is 12.8. The van der Waals surface area contributed by atoms with Crippen LogP contribution in [0.4, 0.5) is 5.69 Å². The van der Waals surface area contributed by atoms with Crippen molar-refractivity contribution >= 4 is 62.1 Å². The van der Waals surface area contributed by atoms with E-state index in [1.165, 1.54) is 0 Å². The van der Waals surface area contributed by atoms with E-state index < -0.39 is 0 Å². The highest BCUT2D eigenvalue weighted by Gasteiger charge is 2.08. The van der Waals surface area contributed by atoms with E-state index in [0.717, 1.165) is 35.4 Å². The van der Waals surface area contributed by atoms with Gasteiger partial charge in [0.2, 0.25) is 0 Å². The summed E-state index contributed by atoms with van der Waals surface area (Å²) in [4.78, 5) is 0.